The van der Waals surface area contributed by atoms with E-state index in [-0.39, 0.29) is 47.8 Å². The van der Waals surface area contributed by atoms with Crippen LogP contribution >= 0.6 is 0 Å². The van der Waals surface area contributed by atoms with Crippen molar-refractivity contribution in [3.8, 4) is 0 Å². The molecule has 1 saturated carbocycles. The number of nitrogens with one attached hydrogen (secondary N) is 3. The first-order valence-electron chi connectivity index (χ1n) is 21.1. The van der Waals surface area contributed by atoms with E-state index >= 15 is 0 Å². The van der Waals surface area contributed by atoms with Crippen molar-refractivity contribution in [2.45, 2.75) is 133 Å². The van der Waals surface area contributed by atoms with Crippen LogP contribution in [0.3, 0.4) is 0 Å². The molecule has 58 heavy (non-hydrogen) atoms. The summed E-state index contributed by atoms with van der Waals surface area (Å²) >= 11 is 0. The van der Waals surface area contributed by atoms with Crippen LogP contribution in [-0.4, -0.2) is 78.9 Å². The first-order valence-corrected chi connectivity index (χ1v) is 23.0. The quantitative estimate of drug-likeness (QED) is 0.169. The molecule has 6 rings (SSSR count). The van der Waals surface area contributed by atoms with Crippen LogP contribution in [0, 0.1) is 0 Å². The van der Waals surface area contributed by atoms with E-state index < -0.39 is 44.0 Å². The molecule has 0 unspecified atom stereocenters. The number of Topliss-reactive ketones (excluding diaryl/α,β-unsaturated/α-hetero) is 1. The second kappa shape index (κ2) is 18.8. The predicted molar refractivity (Wildman–Crippen MR) is 229 cm³/mol. The number of fused-ring (bicyclic) bond motifs is 1. The highest BCUT2D eigenvalue weighted by Crippen LogP contribution is 2.38. The topological polar surface area (TPSA) is 134 Å². The lowest BCUT2D eigenvalue weighted by Gasteiger charge is -2.44. The molecule has 4 atom stereocenters. The largest absolute Gasteiger partial charge is 0.398 e. The van der Waals surface area contributed by atoms with Gasteiger partial charge in [0.15, 0.2) is 5.78 Å². The number of ketones is 1. The number of nitrogens with zero attached hydrogens (tertiary/aromatic N) is 1. The second-order valence-corrected chi connectivity index (χ2v) is 21.5. The zero-order valence-electron chi connectivity index (χ0n) is 34.5. The molecule has 11 heteroatoms. The third-order valence-electron chi connectivity index (χ3n) is 12.2. The van der Waals surface area contributed by atoms with Crippen molar-refractivity contribution in [2.24, 2.45) is 0 Å². The molecule has 0 radical (unpaired) electrons. The molecule has 3 aromatic carbocycles. The zero-order valence-corrected chi connectivity index (χ0v) is 35.5. The van der Waals surface area contributed by atoms with E-state index in [2.05, 4.69) is 61.0 Å². The van der Waals surface area contributed by atoms with Gasteiger partial charge in [0.1, 0.15) is 29.8 Å². The average Bonchev–Trinajstić information content (AvgIpc) is 3.72. The molecule has 4 amide bonds. The SMILES string of the molecule is C[C@H](O[Si](c1ccccc1)(c1ccccc1)C(C)(C)C)C(=O)CC=CCC[C@@H]1NC(=O)[C@H]2CCCN2C(=O)[C@H](Cc2ccccc2)NC(=O)C2(CCCCC2)NC1=O. The maximum atomic E-state index is 14.2. The van der Waals surface area contributed by atoms with Crippen molar-refractivity contribution in [3.63, 3.8) is 0 Å². The normalized spacial score (nSPS) is 22.3. The van der Waals surface area contributed by atoms with Crippen LogP contribution in [-0.2, 0) is 34.8 Å². The zero-order chi connectivity index (χ0) is 41.3. The van der Waals surface area contributed by atoms with Gasteiger partial charge in [0.2, 0.25) is 23.6 Å². The highest BCUT2D eigenvalue weighted by Gasteiger charge is 2.52. The van der Waals surface area contributed by atoms with Crippen LogP contribution in [0.2, 0.25) is 5.04 Å². The molecule has 308 valence electrons. The number of allylic oxidation sites excluding steroid dienone is 2. The van der Waals surface area contributed by atoms with Crippen LogP contribution in [0.4, 0.5) is 0 Å². The number of carbonyl (C=O) groups is 5. The Morgan fingerprint density at radius 1 is 0.810 bits per heavy atom. The summed E-state index contributed by atoms with van der Waals surface area (Å²) in [6, 6.07) is 27.4. The van der Waals surface area contributed by atoms with Gasteiger partial charge in [0, 0.05) is 19.4 Å². The van der Waals surface area contributed by atoms with Crippen molar-refractivity contribution in [2.75, 3.05) is 6.54 Å². The van der Waals surface area contributed by atoms with Crippen molar-refractivity contribution < 1.29 is 28.4 Å². The molecule has 10 nitrogen and oxygen atoms in total. The molecule has 3 N–H and O–H groups in total. The van der Waals surface area contributed by atoms with Gasteiger partial charge in [0.05, 0.1) is 0 Å². The minimum absolute atomic E-state index is 0.0527. The van der Waals surface area contributed by atoms with E-state index in [4.69, 9.17) is 4.43 Å². The third kappa shape index (κ3) is 9.53. The summed E-state index contributed by atoms with van der Waals surface area (Å²) in [5.41, 5.74) is -0.299. The van der Waals surface area contributed by atoms with Crippen molar-refractivity contribution in [3.05, 3.63) is 109 Å². The molecule has 2 aliphatic heterocycles. The Bertz CT molecular complexity index is 1890. The molecule has 0 bridgehead atoms. The summed E-state index contributed by atoms with van der Waals surface area (Å²) in [4.78, 5) is 71.8. The average molecular weight is 805 g/mol. The van der Waals surface area contributed by atoms with Crippen LogP contribution in [0.5, 0.6) is 0 Å². The Balaban J connectivity index is 1.16. The van der Waals surface area contributed by atoms with E-state index in [1.54, 1.807) is 4.90 Å². The maximum absolute atomic E-state index is 14.2. The number of carbonyl (C=O) groups excluding carboxylic acids is 5. The number of benzene rings is 3. The summed E-state index contributed by atoms with van der Waals surface area (Å²) in [6.07, 6.45) is 8.55. The van der Waals surface area contributed by atoms with E-state index in [9.17, 15) is 24.0 Å². The first kappa shape index (κ1) is 42.7. The number of hydrogen-bond acceptors (Lipinski definition) is 6. The van der Waals surface area contributed by atoms with Gasteiger partial charge in [-0.05, 0) is 66.4 Å². The summed E-state index contributed by atoms with van der Waals surface area (Å²) in [7, 11) is -2.93. The molecule has 2 heterocycles. The second-order valence-electron chi connectivity index (χ2n) is 17.2. The Kier molecular flexibility index (Phi) is 13.9. The highest BCUT2D eigenvalue weighted by molar-refractivity contribution is 6.99. The summed E-state index contributed by atoms with van der Waals surface area (Å²) in [5, 5.41) is 11.0. The van der Waals surface area contributed by atoms with Crippen LogP contribution in [0.1, 0.15) is 97.5 Å². The molecule has 3 aliphatic rings. The lowest BCUT2D eigenvalue weighted by Crippen LogP contribution is -2.68. The lowest BCUT2D eigenvalue weighted by atomic mass is 9.80. The fourth-order valence-electron chi connectivity index (χ4n) is 9.04. The molecular formula is C47H60N4O6Si. The molecule has 1 aliphatic carbocycles. The summed E-state index contributed by atoms with van der Waals surface area (Å²) < 4.78 is 7.02. The third-order valence-corrected chi connectivity index (χ3v) is 17.3. The van der Waals surface area contributed by atoms with Crippen LogP contribution < -0.4 is 26.3 Å². The van der Waals surface area contributed by atoms with Gasteiger partial charge in [-0.1, -0.05) is 143 Å². The van der Waals surface area contributed by atoms with Crippen molar-refractivity contribution in [1.29, 1.82) is 0 Å². The summed E-state index contributed by atoms with van der Waals surface area (Å²) in [6.45, 7) is 8.77. The Morgan fingerprint density at radius 2 is 1.41 bits per heavy atom. The van der Waals surface area contributed by atoms with E-state index in [1.165, 1.54) is 0 Å². The van der Waals surface area contributed by atoms with Gasteiger partial charge in [-0.25, -0.2) is 0 Å². The molecular weight excluding hydrogens is 745 g/mol. The van der Waals surface area contributed by atoms with Gasteiger partial charge >= 0.3 is 0 Å². The summed E-state index contributed by atoms with van der Waals surface area (Å²) in [5.74, 6) is -1.49. The van der Waals surface area contributed by atoms with Crippen LogP contribution in [0.25, 0.3) is 0 Å². The minimum atomic E-state index is -2.93. The molecule has 3 aromatic rings. The van der Waals surface area contributed by atoms with E-state index in [0.717, 1.165) is 35.2 Å². The number of hydrogen-bond donors (Lipinski definition) is 3. The first-order chi connectivity index (χ1) is 27.8. The van der Waals surface area contributed by atoms with Crippen molar-refractivity contribution in [1.82, 2.24) is 20.9 Å². The van der Waals surface area contributed by atoms with Gasteiger partial charge in [0.25, 0.3) is 8.32 Å². The monoisotopic (exact) mass is 804 g/mol. The van der Waals surface area contributed by atoms with Gasteiger partial charge in [-0.3, -0.25) is 24.0 Å². The fourth-order valence-corrected chi connectivity index (χ4v) is 13.7. The van der Waals surface area contributed by atoms with E-state index in [0.29, 0.717) is 38.6 Å². The molecule has 3 fully saturated rings. The van der Waals surface area contributed by atoms with Gasteiger partial charge < -0.3 is 25.3 Å². The van der Waals surface area contributed by atoms with Crippen molar-refractivity contribution >= 4 is 48.1 Å². The molecule has 1 spiro atoms. The Morgan fingerprint density at radius 3 is 2.02 bits per heavy atom. The van der Waals surface area contributed by atoms with E-state index in [1.807, 2.05) is 85.8 Å². The van der Waals surface area contributed by atoms with Gasteiger partial charge in [-0.2, -0.15) is 0 Å². The fraction of sp³-hybridized carbons (Fsp3) is 0.468. The molecule has 2 saturated heterocycles. The molecule has 0 aromatic heterocycles. The Labute approximate surface area is 344 Å². The Hall–Kier alpha value is -4.87. The standard InChI is InChI=1S/C47H60N4O6Si/c1-34(57-58(46(2,3)4,36-23-12-6-13-24-36)37-25-14-7-15-26-37)41(52)29-17-8-16-27-38-42(53)50-47(30-18-9-19-31-47)45(56)49-39(33-35-21-10-5-11-22-35)44(55)51-32-20-28-40(51)43(54)48-38/h5-8,10-15,17,21-26,34,38-40H,9,16,18-20,27-33H2,1-4H3,(H,48,54)(H,49,56)(H,50,53)/t34-,38-,39-,40+/m0/s1. The number of rotatable bonds is 12. The maximum Gasteiger partial charge on any atom is 0.262 e. The smallest absolute Gasteiger partial charge is 0.262 e. The van der Waals surface area contributed by atoms with Crippen LogP contribution in [0.15, 0.2) is 103 Å². The number of amides is 4. The minimum Gasteiger partial charge on any atom is -0.398 e. The lowest BCUT2D eigenvalue weighted by molar-refractivity contribution is -0.145. The predicted octanol–water partition coefficient (Wildman–Crippen LogP) is 5.28. The highest BCUT2D eigenvalue weighted by atomic mass is 28.4. The van der Waals surface area contributed by atoms with Gasteiger partial charge in [-0.15, -0.1) is 0 Å².